The fourth-order valence-corrected chi connectivity index (χ4v) is 3.99. The molecule has 3 aliphatic rings. The Morgan fingerprint density at radius 3 is 2.91 bits per heavy atom. The van der Waals surface area contributed by atoms with Crippen LogP contribution in [0.2, 0.25) is 0 Å². The highest BCUT2D eigenvalue weighted by Gasteiger charge is 2.41. The van der Waals surface area contributed by atoms with E-state index in [0.717, 1.165) is 28.3 Å². The number of carbonyl (C=O) groups is 2. The molecule has 1 saturated carbocycles. The first-order valence-corrected chi connectivity index (χ1v) is 8.17. The number of halogens is 1. The van der Waals surface area contributed by atoms with E-state index in [4.69, 9.17) is 4.74 Å². The zero-order chi connectivity index (χ0) is 15.4. The monoisotopic (exact) mass is 408 g/mol. The van der Waals surface area contributed by atoms with Crippen LogP contribution in [0.4, 0.5) is 0 Å². The number of benzene rings is 1. The van der Waals surface area contributed by atoms with Gasteiger partial charge in [-0.1, -0.05) is 6.07 Å². The van der Waals surface area contributed by atoms with Gasteiger partial charge in [0.25, 0.3) is 0 Å². The number of carbonyl (C=O) groups excluding carboxylic acids is 2. The van der Waals surface area contributed by atoms with Crippen LogP contribution >= 0.6 is 22.6 Å². The average Bonchev–Trinajstić information content (AvgIpc) is 2.74. The molecule has 2 bridgehead atoms. The Balaban J connectivity index is 2.03. The van der Waals surface area contributed by atoms with E-state index in [2.05, 4.69) is 45.8 Å². The SMILES string of the molecule is COC(=O)c1nc2n(c1C=O)C1CC(C1)c1ccc(I)cc1-2. The number of rotatable bonds is 2. The molecule has 5 nitrogen and oxygen atoms in total. The van der Waals surface area contributed by atoms with Crippen LogP contribution in [0.15, 0.2) is 18.2 Å². The van der Waals surface area contributed by atoms with E-state index in [1.165, 1.54) is 12.7 Å². The minimum absolute atomic E-state index is 0.114. The minimum atomic E-state index is -0.564. The van der Waals surface area contributed by atoms with Crippen molar-refractivity contribution < 1.29 is 14.3 Å². The Bertz CT molecular complexity index is 806. The van der Waals surface area contributed by atoms with E-state index >= 15 is 0 Å². The lowest BCUT2D eigenvalue weighted by Crippen LogP contribution is -2.24. The Morgan fingerprint density at radius 1 is 1.45 bits per heavy atom. The fraction of sp³-hybridized carbons (Fsp3) is 0.312. The quantitative estimate of drug-likeness (QED) is 0.435. The van der Waals surface area contributed by atoms with Crippen LogP contribution < -0.4 is 0 Å². The van der Waals surface area contributed by atoms with Crippen molar-refractivity contribution in [3.63, 3.8) is 0 Å². The molecule has 1 fully saturated rings. The molecule has 3 heterocycles. The van der Waals surface area contributed by atoms with Gasteiger partial charge >= 0.3 is 5.97 Å². The van der Waals surface area contributed by atoms with Gasteiger partial charge in [0.05, 0.1) is 7.11 Å². The highest BCUT2D eigenvalue weighted by Crippen LogP contribution is 2.52. The van der Waals surface area contributed by atoms with Gasteiger partial charge in [-0.2, -0.15) is 0 Å². The number of hydrogen-bond donors (Lipinski definition) is 0. The van der Waals surface area contributed by atoms with Crippen LogP contribution in [0.1, 0.15) is 51.3 Å². The summed E-state index contributed by atoms with van der Waals surface area (Å²) in [6.45, 7) is 0. The molecule has 1 aromatic heterocycles. The lowest BCUT2D eigenvalue weighted by Gasteiger charge is -2.35. The van der Waals surface area contributed by atoms with Crippen molar-refractivity contribution in [1.29, 1.82) is 0 Å². The molecule has 0 radical (unpaired) electrons. The molecular formula is C16H13IN2O3. The number of imidazole rings is 1. The number of methoxy groups -OCH3 is 1. The largest absolute Gasteiger partial charge is 0.464 e. The van der Waals surface area contributed by atoms with E-state index in [0.29, 0.717) is 17.4 Å². The van der Waals surface area contributed by atoms with E-state index in [9.17, 15) is 9.59 Å². The number of nitrogens with zero attached hydrogens (tertiary/aromatic N) is 2. The standard InChI is InChI=1S/C16H13IN2O3/c1-22-16(21)14-13(7-20)19-10-4-8(5-10)11-3-2-9(17)6-12(11)15(19)18-14/h2-3,6-8,10H,4-5H2,1H3. The molecule has 2 aromatic rings. The number of hydrogen-bond acceptors (Lipinski definition) is 4. The molecular weight excluding hydrogens is 395 g/mol. The maximum atomic E-state index is 11.9. The maximum Gasteiger partial charge on any atom is 0.359 e. The smallest absolute Gasteiger partial charge is 0.359 e. The topological polar surface area (TPSA) is 61.2 Å². The lowest BCUT2D eigenvalue weighted by molar-refractivity contribution is 0.0591. The van der Waals surface area contributed by atoms with Crippen molar-refractivity contribution in [2.45, 2.75) is 24.8 Å². The first-order chi connectivity index (χ1) is 10.6. The summed E-state index contributed by atoms with van der Waals surface area (Å²) >= 11 is 2.27. The Labute approximate surface area is 140 Å². The van der Waals surface area contributed by atoms with Crippen LogP contribution in [0.5, 0.6) is 0 Å². The van der Waals surface area contributed by atoms with E-state index in [-0.39, 0.29) is 11.7 Å². The highest BCUT2D eigenvalue weighted by atomic mass is 127. The summed E-state index contributed by atoms with van der Waals surface area (Å²) in [5.74, 6) is 0.659. The van der Waals surface area contributed by atoms with Crippen LogP contribution in [0.25, 0.3) is 11.4 Å². The Kier molecular flexibility index (Phi) is 3.11. The molecule has 5 rings (SSSR count). The lowest BCUT2D eigenvalue weighted by atomic mass is 9.75. The van der Waals surface area contributed by atoms with E-state index in [1.807, 2.05) is 4.57 Å². The van der Waals surface area contributed by atoms with Gasteiger partial charge in [-0.25, -0.2) is 9.78 Å². The summed E-state index contributed by atoms with van der Waals surface area (Å²) in [5.41, 5.74) is 2.73. The van der Waals surface area contributed by atoms with Crippen molar-refractivity contribution in [1.82, 2.24) is 9.55 Å². The highest BCUT2D eigenvalue weighted by molar-refractivity contribution is 14.1. The van der Waals surface area contributed by atoms with Gasteiger partial charge in [0, 0.05) is 15.2 Å². The molecule has 0 saturated heterocycles. The summed E-state index contributed by atoms with van der Waals surface area (Å²) in [4.78, 5) is 28.0. The first-order valence-electron chi connectivity index (χ1n) is 7.09. The normalized spacial score (nSPS) is 21.2. The van der Waals surface area contributed by atoms with Crippen LogP contribution in [0, 0.1) is 3.57 Å². The van der Waals surface area contributed by atoms with E-state index in [1.54, 1.807) is 0 Å². The van der Waals surface area contributed by atoms with Crippen molar-refractivity contribution in [2.75, 3.05) is 7.11 Å². The van der Waals surface area contributed by atoms with Gasteiger partial charge in [-0.05, 0) is 59.0 Å². The third-order valence-electron chi connectivity index (χ3n) is 4.61. The molecule has 0 atom stereocenters. The van der Waals surface area contributed by atoms with Crippen molar-refractivity contribution in [3.05, 3.63) is 38.7 Å². The molecule has 112 valence electrons. The maximum absolute atomic E-state index is 11.9. The zero-order valence-electron chi connectivity index (χ0n) is 11.9. The summed E-state index contributed by atoms with van der Waals surface area (Å²) in [5, 5.41) is 0. The van der Waals surface area contributed by atoms with Gasteiger partial charge in [0.15, 0.2) is 12.0 Å². The third-order valence-corrected chi connectivity index (χ3v) is 5.28. The third kappa shape index (κ3) is 1.79. The summed E-state index contributed by atoms with van der Waals surface area (Å²) in [7, 11) is 1.30. The van der Waals surface area contributed by atoms with E-state index < -0.39 is 5.97 Å². The molecule has 1 aromatic carbocycles. The second-order valence-corrected chi connectivity index (χ2v) is 6.95. The first kappa shape index (κ1) is 13.9. The van der Waals surface area contributed by atoms with Crippen molar-refractivity contribution in [2.24, 2.45) is 0 Å². The zero-order valence-corrected chi connectivity index (χ0v) is 14.0. The van der Waals surface area contributed by atoms with Gasteiger partial charge < -0.3 is 9.30 Å². The summed E-state index contributed by atoms with van der Waals surface area (Å²) in [6, 6.07) is 6.54. The molecule has 1 aliphatic carbocycles. The molecule has 0 amide bonds. The number of ether oxygens (including phenoxy) is 1. The predicted molar refractivity (Wildman–Crippen MR) is 88.1 cm³/mol. The van der Waals surface area contributed by atoms with Crippen LogP contribution in [-0.4, -0.2) is 28.9 Å². The Morgan fingerprint density at radius 2 is 2.23 bits per heavy atom. The van der Waals surface area contributed by atoms with Gasteiger partial charge in [0.2, 0.25) is 0 Å². The van der Waals surface area contributed by atoms with Crippen LogP contribution in [-0.2, 0) is 4.74 Å². The molecule has 22 heavy (non-hydrogen) atoms. The molecule has 6 heteroatoms. The minimum Gasteiger partial charge on any atom is -0.464 e. The fourth-order valence-electron chi connectivity index (χ4n) is 3.50. The van der Waals surface area contributed by atoms with Gasteiger partial charge in [-0.3, -0.25) is 4.79 Å². The predicted octanol–water partition coefficient (Wildman–Crippen LogP) is 3.19. The molecule has 2 aliphatic heterocycles. The molecule has 0 N–H and O–H groups in total. The van der Waals surface area contributed by atoms with Crippen molar-refractivity contribution >= 4 is 34.8 Å². The van der Waals surface area contributed by atoms with Crippen molar-refractivity contribution in [3.8, 4) is 11.4 Å². The Hall–Kier alpha value is -1.70. The number of esters is 1. The summed E-state index contributed by atoms with van der Waals surface area (Å²) in [6.07, 6.45) is 2.69. The second kappa shape index (κ2) is 4.91. The average molecular weight is 408 g/mol. The molecule has 0 spiro atoms. The van der Waals surface area contributed by atoms with Crippen LogP contribution in [0.3, 0.4) is 0 Å². The number of aldehydes is 1. The molecule has 0 unspecified atom stereocenters. The second-order valence-electron chi connectivity index (χ2n) is 5.70. The van der Waals surface area contributed by atoms with Gasteiger partial charge in [0.1, 0.15) is 11.5 Å². The summed E-state index contributed by atoms with van der Waals surface area (Å²) < 4.78 is 7.81. The number of aromatic nitrogens is 2. The van der Waals surface area contributed by atoms with Gasteiger partial charge in [-0.15, -0.1) is 0 Å².